The average Bonchev–Trinajstić information content (AvgIpc) is 2.67. The molecule has 0 aliphatic heterocycles. The Bertz CT molecular complexity index is 432. The van der Waals surface area contributed by atoms with Crippen molar-refractivity contribution in [2.45, 2.75) is 6.92 Å². The van der Waals surface area contributed by atoms with Gasteiger partial charge < -0.3 is 4.42 Å². The van der Waals surface area contributed by atoms with Crippen LogP contribution in [0, 0.1) is 6.92 Å². The summed E-state index contributed by atoms with van der Waals surface area (Å²) >= 11 is 0. The van der Waals surface area contributed by atoms with Crippen molar-refractivity contribution in [3.63, 3.8) is 0 Å². The number of aromatic nitrogens is 1. The summed E-state index contributed by atoms with van der Waals surface area (Å²) in [7, 11) is 0. The number of aryl methyl sites for hydroxylation is 1. The fraction of sp³-hybridized carbons (Fsp3) is 0.0909. The van der Waals surface area contributed by atoms with E-state index in [1.54, 1.807) is 12.5 Å². The molecule has 0 N–H and O–H groups in total. The summed E-state index contributed by atoms with van der Waals surface area (Å²) in [6.45, 7) is 1.94. The van der Waals surface area contributed by atoms with E-state index in [2.05, 4.69) is 9.98 Å². The highest BCUT2D eigenvalue weighted by molar-refractivity contribution is 5.77. The monoisotopic (exact) mass is 186 g/mol. The molecule has 2 heterocycles. The van der Waals surface area contributed by atoms with E-state index in [1.807, 2.05) is 37.3 Å². The first-order valence-electron chi connectivity index (χ1n) is 4.36. The van der Waals surface area contributed by atoms with Gasteiger partial charge in [-0.1, -0.05) is 6.07 Å². The Labute approximate surface area is 82.1 Å². The Morgan fingerprint density at radius 1 is 1.29 bits per heavy atom. The first-order chi connectivity index (χ1) is 6.84. The molecule has 3 heteroatoms. The minimum absolute atomic E-state index is 0.696. The van der Waals surface area contributed by atoms with Crippen LogP contribution in [0.15, 0.2) is 46.0 Å². The van der Waals surface area contributed by atoms with Gasteiger partial charge in [-0.25, -0.2) is 9.98 Å². The van der Waals surface area contributed by atoms with E-state index in [4.69, 9.17) is 4.42 Å². The van der Waals surface area contributed by atoms with Crippen LogP contribution in [0.1, 0.15) is 11.5 Å². The highest BCUT2D eigenvalue weighted by Gasteiger charge is 1.91. The molecule has 0 aromatic carbocycles. The standard InChI is InChI=1S/C11H10N2O/c1-9-4-2-6-11(13-9)12-8-10-5-3-7-14-10/h2-8H,1H3/b12-8+. The van der Waals surface area contributed by atoms with E-state index in [9.17, 15) is 0 Å². The van der Waals surface area contributed by atoms with Crippen molar-refractivity contribution in [3.05, 3.63) is 48.0 Å². The van der Waals surface area contributed by atoms with Crippen LogP contribution in [-0.4, -0.2) is 11.2 Å². The van der Waals surface area contributed by atoms with Gasteiger partial charge in [-0.2, -0.15) is 0 Å². The molecule has 0 atom stereocenters. The first kappa shape index (κ1) is 8.69. The van der Waals surface area contributed by atoms with Gasteiger partial charge in [0.2, 0.25) is 0 Å². The van der Waals surface area contributed by atoms with Gasteiger partial charge in [0.15, 0.2) is 5.82 Å². The normalized spacial score (nSPS) is 10.9. The molecule has 2 aromatic rings. The fourth-order valence-corrected chi connectivity index (χ4v) is 1.10. The van der Waals surface area contributed by atoms with Crippen LogP contribution < -0.4 is 0 Å². The molecule has 2 aromatic heterocycles. The van der Waals surface area contributed by atoms with Gasteiger partial charge >= 0.3 is 0 Å². The third kappa shape index (κ3) is 2.07. The summed E-state index contributed by atoms with van der Waals surface area (Å²) in [5, 5.41) is 0. The number of aliphatic imine (C=N–C) groups is 1. The number of hydrogen-bond donors (Lipinski definition) is 0. The lowest BCUT2D eigenvalue weighted by atomic mass is 10.4. The maximum Gasteiger partial charge on any atom is 0.152 e. The number of furan rings is 1. The zero-order valence-electron chi connectivity index (χ0n) is 7.84. The van der Waals surface area contributed by atoms with E-state index in [0.29, 0.717) is 5.82 Å². The second-order valence-electron chi connectivity index (χ2n) is 2.91. The summed E-state index contributed by atoms with van der Waals surface area (Å²) < 4.78 is 5.11. The van der Waals surface area contributed by atoms with Gasteiger partial charge in [0.25, 0.3) is 0 Å². The van der Waals surface area contributed by atoms with Gasteiger partial charge in [0.05, 0.1) is 12.5 Å². The van der Waals surface area contributed by atoms with Crippen LogP contribution >= 0.6 is 0 Å². The number of pyridine rings is 1. The zero-order chi connectivity index (χ0) is 9.80. The molecular weight excluding hydrogens is 176 g/mol. The first-order valence-corrected chi connectivity index (χ1v) is 4.36. The summed E-state index contributed by atoms with van der Waals surface area (Å²) in [6, 6.07) is 9.39. The summed E-state index contributed by atoms with van der Waals surface area (Å²) in [6.07, 6.45) is 3.27. The predicted octanol–water partition coefficient (Wildman–Crippen LogP) is 2.73. The van der Waals surface area contributed by atoms with Crippen molar-refractivity contribution in [1.82, 2.24) is 4.98 Å². The van der Waals surface area contributed by atoms with Crippen LogP contribution in [0.25, 0.3) is 0 Å². The lowest BCUT2D eigenvalue weighted by Gasteiger charge is -1.93. The maximum atomic E-state index is 5.11. The van der Waals surface area contributed by atoms with E-state index < -0.39 is 0 Å². The third-order valence-corrected chi connectivity index (χ3v) is 1.74. The molecule has 0 unspecified atom stereocenters. The smallest absolute Gasteiger partial charge is 0.152 e. The Balaban J connectivity index is 2.18. The molecule has 0 bridgehead atoms. The minimum atomic E-state index is 0.696. The average molecular weight is 186 g/mol. The zero-order valence-corrected chi connectivity index (χ0v) is 7.84. The molecule has 0 radical (unpaired) electrons. The van der Waals surface area contributed by atoms with Gasteiger partial charge in [-0.05, 0) is 31.2 Å². The number of rotatable bonds is 2. The molecule has 0 amide bonds. The highest BCUT2D eigenvalue weighted by atomic mass is 16.3. The van der Waals surface area contributed by atoms with Gasteiger partial charge in [-0.3, -0.25) is 0 Å². The Morgan fingerprint density at radius 2 is 2.21 bits per heavy atom. The van der Waals surface area contributed by atoms with E-state index in [0.717, 1.165) is 11.5 Å². The van der Waals surface area contributed by atoms with Gasteiger partial charge in [-0.15, -0.1) is 0 Å². The quantitative estimate of drug-likeness (QED) is 0.676. The Kier molecular flexibility index (Phi) is 2.40. The van der Waals surface area contributed by atoms with Crippen molar-refractivity contribution in [2.75, 3.05) is 0 Å². The molecule has 0 saturated heterocycles. The fourth-order valence-electron chi connectivity index (χ4n) is 1.10. The molecule has 3 nitrogen and oxygen atoms in total. The maximum absolute atomic E-state index is 5.11. The second-order valence-corrected chi connectivity index (χ2v) is 2.91. The largest absolute Gasteiger partial charge is 0.463 e. The van der Waals surface area contributed by atoms with Crippen LogP contribution in [0.3, 0.4) is 0 Å². The summed E-state index contributed by atoms with van der Waals surface area (Å²) in [4.78, 5) is 8.41. The number of nitrogens with zero attached hydrogens (tertiary/aromatic N) is 2. The molecule has 14 heavy (non-hydrogen) atoms. The van der Waals surface area contributed by atoms with E-state index in [-0.39, 0.29) is 0 Å². The van der Waals surface area contributed by atoms with Crippen LogP contribution in [0.4, 0.5) is 5.82 Å². The van der Waals surface area contributed by atoms with Crippen molar-refractivity contribution < 1.29 is 4.42 Å². The highest BCUT2D eigenvalue weighted by Crippen LogP contribution is 2.08. The Hall–Kier alpha value is -1.90. The molecule has 0 spiro atoms. The Morgan fingerprint density at radius 3 is 2.93 bits per heavy atom. The minimum Gasteiger partial charge on any atom is -0.463 e. The molecule has 2 rings (SSSR count). The van der Waals surface area contributed by atoms with E-state index in [1.165, 1.54) is 0 Å². The van der Waals surface area contributed by atoms with E-state index >= 15 is 0 Å². The topological polar surface area (TPSA) is 38.4 Å². The molecule has 70 valence electrons. The number of hydrogen-bond acceptors (Lipinski definition) is 3. The lowest BCUT2D eigenvalue weighted by molar-refractivity contribution is 0.560. The SMILES string of the molecule is Cc1cccc(/N=C/c2ccco2)n1. The molecule has 0 fully saturated rings. The summed E-state index contributed by atoms with van der Waals surface area (Å²) in [5.41, 5.74) is 0.957. The lowest BCUT2D eigenvalue weighted by Crippen LogP contribution is -1.80. The van der Waals surface area contributed by atoms with Crippen molar-refractivity contribution >= 4 is 12.0 Å². The van der Waals surface area contributed by atoms with Gasteiger partial charge in [0.1, 0.15) is 5.76 Å². The molecule has 0 saturated carbocycles. The second kappa shape index (κ2) is 3.87. The predicted molar refractivity (Wildman–Crippen MR) is 54.9 cm³/mol. The third-order valence-electron chi connectivity index (χ3n) is 1.74. The molecular formula is C11H10N2O. The van der Waals surface area contributed by atoms with Crippen molar-refractivity contribution in [1.29, 1.82) is 0 Å². The van der Waals surface area contributed by atoms with Crippen LogP contribution in [0.5, 0.6) is 0 Å². The molecule has 0 aliphatic rings. The van der Waals surface area contributed by atoms with Crippen molar-refractivity contribution in [3.8, 4) is 0 Å². The summed E-state index contributed by atoms with van der Waals surface area (Å²) in [5.74, 6) is 1.43. The van der Waals surface area contributed by atoms with Crippen LogP contribution in [0.2, 0.25) is 0 Å². The van der Waals surface area contributed by atoms with Crippen molar-refractivity contribution in [2.24, 2.45) is 4.99 Å². The molecule has 0 aliphatic carbocycles. The van der Waals surface area contributed by atoms with Crippen LogP contribution in [-0.2, 0) is 0 Å². The van der Waals surface area contributed by atoms with Gasteiger partial charge in [0, 0.05) is 5.69 Å².